The van der Waals surface area contributed by atoms with Gasteiger partial charge in [-0.25, -0.2) is 24.7 Å². The lowest BCUT2D eigenvalue weighted by molar-refractivity contribution is 0.0153. The third kappa shape index (κ3) is 7.67. The first-order valence-corrected chi connectivity index (χ1v) is 14.1. The van der Waals surface area contributed by atoms with E-state index in [1.165, 1.54) is 0 Å². The summed E-state index contributed by atoms with van der Waals surface area (Å²) in [4.78, 5) is 37.3. The van der Waals surface area contributed by atoms with Gasteiger partial charge in [-0.15, -0.1) is 11.8 Å². The van der Waals surface area contributed by atoms with Crippen molar-refractivity contribution in [3.05, 3.63) is 54.1 Å². The molecule has 2 aromatic heterocycles. The number of imidazole rings is 1. The Labute approximate surface area is 233 Å². The van der Waals surface area contributed by atoms with Crippen LogP contribution in [0.15, 0.2) is 64.2 Å². The van der Waals surface area contributed by atoms with E-state index in [2.05, 4.69) is 47.9 Å². The number of benzene rings is 1. The quantitative estimate of drug-likeness (QED) is 0.171. The molecular weight excluding hydrogens is 512 g/mol. The first-order chi connectivity index (χ1) is 18.7. The number of hydrogen-bond acceptors (Lipinski definition) is 9. The SMILES string of the molecule is C=N/C(=C\C(=C/C)CN1CCN(C(=O)OC(C)(C)C)CC1)Nc1nc2ccc(-c3cc(SC)ncn3)cc2[nH]1. The van der Waals surface area contributed by atoms with Crippen molar-refractivity contribution in [2.75, 3.05) is 44.3 Å². The molecule has 2 N–H and O–H groups in total. The maximum atomic E-state index is 12.4. The Morgan fingerprint density at radius 2 is 2.00 bits per heavy atom. The third-order valence-electron chi connectivity index (χ3n) is 6.17. The van der Waals surface area contributed by atoms with Gasteiger partial charge >= 0.3 is 6.09 Å². The number of aromatic nitrogens is 4. The van der Waals surface area contributed by atoms with Gasteiger partial charge in [-0.05, 0) is 70.5 Å². The Morgan fingerprint density at radius 1 is 1.23 bits per heavy atom. The minimum atomic E-state index is -0.491. The van der Waals surface area contributed by atoms with Crippen LogP contribution >= 0.6 is 11.8 Å². The van der Waals surface area contributed by atoms with Crippen LogP contribution in [0.1, 0.15) is 27.7 Å². The number of fused-ring (bicyclic) bond motifs is 1. The zero-order chi connectivity index (χ0) is 28.0. The van der Waals surface area contributed by atoms with Crippen LogP contribution in [0.3, 0.4) is 0 Å². The lowest BCUT2D eigenvalue weighted by Crippen LogP contribution is -2.50. The number of H-pyrrole nitrogens is 1. The number of thioether (sulfide) groups is 1. The van der Waals surface area contributed by atoms with Crippen LogP contribution in [0.4, 0.5) is 10.7 Å². The minimum absolute atomic E-state index is 0.254. The van der Waals surface area contributed by atoms with E-state index in [4.69, 9.17) is 4.74 Å². The summed E-state index contributed by atoms with van der Waals surface area (Å²) in [5.41, 5.74) is 4.15. The molecule has 0 spiro atoms. The molecule has 0 aliphatic carbocycles. The second-order valence-corrected chi connectivity index (χ2v) is 11.0. The van der Waals surface area contributed by atoms with Crippen LogP contribution in [0.25, 0.3) is 22.3 Å². The van der Waals surface area contributed by atoms with Gasteiger partial charge in [0.15, 0.2) is 0 Å². The third-order valence-corrected chi connectivity index (χ3v) is 6.81. The zero-order valence-corrected chi connectivity index (χ0v) is 24.0. The first kappa shape index (κ1) is 28.3. The van der Waals surface area contributed by atoms with Gasteiger partial charge in [0, 0.05) is 38.3 Å². The number of aromatic amines is 1. The summed E-state index contributed by atoms with van der Waals surface area (Å²) >= 11 is 1.58. The van der Waals surface area contributed by atoms with E-state index in [1.807, 2.05) is 64.3 Å². The van der Waals surface area contributed by atoms with E-state index in [0.29, 0.717) is 24.9 Å². The predicted octanol–water partition coefficient (Wildman–Crippen LogP) is 5.19. The van der Waals surface area contributed by atoms with Crippen molar-refractivity contribution in [2.45, 2.75) is 38.3 Å². The van der Waals surface area contributed by atoms with Crippen molar-refractivity contribution in [1.29, 1.82) is 0 Å². The molecule has 1 aromatic carbocycles. The Morgan fingerprint density at radius 3 is 2.67 bits per heavy atom. The van der Waals surface area contributed by atoms with Gasteiger partial charge in [-0.3, -0.25) is 4.90 Å². The highest BCUT2D eigenvalue weighted by Gasteiger charge is 2.26. The van der Waals surface area contributed by atoms with Crippen LogP contribution in [0, 0.1) is 0 Å². The fourth-order valence-electron chi connectivity index (χ4n) is 4.15. The van der Waals surface area contributed by atoms with Crippen molar-refractivity contribution in [3.8, 4) is 11.3 Å². The maximum absolute atomic E-state index is 12.4. The first-order valence-electron chi connectivity index (χ1n) is 12.8. The molecule has 10 nitrogen and oxygen atoms in total. The van der Waals surface area contributed by atoms with Gasteiger partial charge in [0.05, 0.1) is 21.8 Å². The molecule has 1 aliphatic rings. The van der Waals surface area contributed by atoms with E-state index in [0.717, 1.165) is 52.5 Å². The van der Waals surface area contributed by atoms with E-state index >= 15 is 0 Å². The number of amides is 1. The van der Waals surface area contributed by atoms with Gasteiger partial charge in [0.25, 0.3) is 0 Å². The van der Waals surface area contributed by atoms with E-state index in [1.54, 1.807) is 23.0 Å². The second-order valence-electron chi connectivity index (χ2n) is 10.2. The standard InChI is InChI=1S/C28H36N8O2S/c1-7-19(17-35-10-12-36(13-11-35)27(37)38-28(2,3)4)14-24(29-5)34-26-32-21-9-8-20(15-23(21)33-26)22-16-25(39-6)31-18-30-22/h7-9,14-16,18H,5,10-13,17H2,1-4,6H3,(H2,32,33,34)/b19-7+,24-14+. The molecule has 3 heterocycles. The van der Waals surface area contributed by atoms with E-state index in [9.17, 15) is 4.79 Å². The summed E-state index contributed by atoms with van der Waals surface area (Å²) in [6.45, 7) is 14.9. The number of piperazine rings is 1. The molecule has 206 valence electrons. The lowest BCUT2D eigenvalue weighted by atomic mass is 10.1. The number of rotatable bonds is 8. The Kier molecular flexibility index (Phi) is 9.03. The number of nitrogens with zero attached hydrogens (tertiary/aromatic N) is 6. The topological polar surface area (TPSA) is 112 Å². The van der Waals surface area contributed by atoms with E-state index in [-0.39, 0.29) is 6.09 Å². The summed E-state index contributed by atoms with van der Waals surface area (Å²) in [6.07, 6.45) is 7.35. The summed E-state index contributed by atoms with van der Waals surface area (Å²) < 4.78 is 5.50. The van der Waals surface area contributed by atoms with Crippen LogP contribution in [0.5, 0.6) is 0 Å². The highest BCUT2D eigenvalue weighted by molar-refractivity contribution is 7.98. The van der Waals surface area contributed by atoms with Crippen molar-refractivity contribution < 1.29 is 9.53 Å². The average molecular weight is 549 g/mol. The van der Waals surface area contributed by atoms with Crippen molar-refractivity contribution >= 4 is 41.6 Å². The van der Waals surface area contributed by atoms with Gasteiger partial charge in [-0.2, -0.15) is 0 Å². The summed E-state index contributed by atoms with van der Waals surface area (Å²) in [7, 11) is 0. The Bertz CT molecular complexity index is 1380. The number of aliphatic imine (C=N–C) groups is 1. The van der Waals surface area contributed by atoms with Crippen LogP contribution in [0.2, 0.25) is 0 Å². The molecule has 4 rings (SSSR count). The molecule has 1 aliphatic heterocycles. The number of carbonyl (C=O) groups is 1. The smallest absolute Gasteiger partial charge is 0.410 e. The van der Waals surface area contributed by atoms with Crippen molar-refractivity contribution in [2.24, 2.45) is 4.99 Å². The monoisotopic (exact) mass is 548 g/mol. The number of ether oxygens (including phenoxy) is 1. The Balaban J connectivity index is 1.39. The molecule has 0 atom stereocenters. The van der Waals surface area contributed by atoms with Gasteiger partial charge in [-0.1, -0.05) is 12.1 Å². The van der Waals surface area contributed by atoms with Gasteiger partial charge in [0.2, 0.25) is 5.95 Å². The second kappa shape index (κ2) is 12.4. The summed E-state index contributed by atoms with van der Waals surface area (Å²) in [5.74, 6) is 1.17. The fourth-order valence-corrected chi connectivity index (χ4v) is 4.53. The molecule has 11 heteroatoms. The van der Waals surface area contributed by atoms with Crippen molar-refractivity contribution in [1.82, 2.24) is 29.7 Å². The average Bonchev–Trinajstić information content (AvgIpc) is 3.33. The van der Waals surface area contributed by atoms with Crippen LogP contribution in [-0.2, 0) is 4.74 Å². The summed E-state index contributed by atoms with van der Waals surface area (Å²) in [6, 6.07) is 7.97. The number of nitrogens with one attached hydrogen (secondary N) is 2. The predicted molar refractivity (Wildman–Crippen MR) is 158 cm³/mol. The molecule has 39 heavy (non-hydrogen) atoms. The fraction of sp³-hybridized carbons (Fsp3) is 0.393. The molecular formula is C28H36N8O2S. The highest BCUT2D eigenvalue weighted by Crippen LogP contribution is 2.25. The molecule has 0 radical (unpaired) electrons. The molecule has 1 amide bonds. The summed E-state index contributed by atoms with van der Waals surface area (Å²) in [5, 5.41) is 4.17. The Hall–Kier alpha value is -3.70. The molecule has 0 saturated carbocycles. The van der Waals surface area contributed by atoms with Crippen molar-refractivity contribution in [3.63, 3.8) is 0 Å². The molecule has 0 unspecified atom stereocenters. The minimum Gasteiger partial charge on any atom is -0.444 e. The van der Waals surface area contributed by atoms with Gasteiger partial charge in [0.1, 0.15) is 17.7 Å². The van der Waals surface area contributed by atoms with Gasteiger partial charge < -0.3 is 19.9 Å². The number of carbonyl (C=O) groups excluding carboxylic acids is 1. The zero-order valence-electron chi connectivity index (χ0n) is 23.2. The largest absolute Gasteiger partial charge is 0.444 e. The lowest BCUT2D eigenvalue weighted by Gasteiger charge is -2.35. The van der Waals surface area contributed by atoms with Crippen LogP contribution < -0.4 is 5.32 Å². The molecule has 1 fully saturated rings. The van der Waals surface area contributed by atoms with E-state index < -0.39 is 5.60 Å². The molecule has 1 saturated heterocycles. The van der Waals surface area contributed by atoms with Crippen LogP contribution in [-0.4, -0.2) is 87.1 Å². The highest BCUT2D eigenvalue weighted by atomic mass is 32.2. The number of allylic oxidation sites excluding steroid dienone is 1. The number of anilines is 1. The maximum Gasteiger partial charge on any atom is 0.410 e. The molecule has 0 bridgehead atoms. The molecule has 3 aromatic rings. The normalized spacial score (nSPS) is 15.5. The number of hydrogen-bond donors (Lipinski definition) is 2.